The largest absolute Gasteiger partial charge is 0.447 e. The Morgan fingerprint density at radius 1 is 0.933 bits per heavy atom. The van der Waals surface area contributed by atoms with E-state index in [0.29, 0.717) is 18.3 Å². The second kappa shape index (κ2) is 11.9. The molecule has 2 aliphatic rings. The van der Waals surface area contributed by atoms with Gasteiger partial charge in [0, 0.05) is 25.5 Å². The molecule has 1 atom stereocenters. The van der Waals surface area contributed by atoms with Crippen LogP contribution in [0.2, 0.25) is 0 Å². The Bertz CT molecular complexity index is 783. The molecule has 3 N–H and O–H groups in total. The lowest BCUT2D eigenvalue weighted by Crippen LogP contribution is -2.28. The van der Waals surface area contributed by atoms with E-state index in [1.165, 1.54) is 0 Å². The van der Waals surface area contributed by atoms with E-state index in [4.69, 9.17) is 4.74 Å². The van der Waals surface area contributed by atoms with E-state index >= 15 is 0 Å². The summed E-state index contributed by atoms with van der Waals surface area (Å²) in [6.07, 6.45) is 11.2. The monoisotopic (exact) mass is 412 g/mol. The molecule has 2 aliphatic heterocycles. The van der Waals surface area contributed by atoms with E-state index in [2.05, 4.69) is 30.9 Å². The lowest BCUT2D eigenvalue weighted by molar-refractivity contribution is 0.101. The summed E-state index contributed by atoms with van der Waals surface area (Å²) in [4.78, 5) is 25.2. The molecule has 4 bridgehead atoms. The van der Waals surface area contributed by atoms with Gasteiger partial charge in [0.2, 0.25) is 5.95 Å². The van der Waals surface area contributed by atoms with Gasteiger partial charge in [0.25, 0.3) is 0 Å². The van der Waals surface area contributed by atoms with Gasteiger partial charge in [-0.25, -0.2) is 19.7 Å². The average Bonchev–Trinajstić information content (AvgIpc) is 2.73. The number of fused-ring (bicyclic) bond motifs is 16. The van der Waals surface area contributed by atoms with Crippen LogP contribution in [0.5, 0.6) is 0 Å². The highest BCUT2D eigenvalue weighted by Gasteiger charge is 2.09. The second-order valence-corrected chi connectivity index (χ2v) is 7.68. The molecule has 1 amide bonds. The Morgan fingerprint density at radius 2 is 1.63 bits per heavy atom. The van der Waals surface area contributed by atoms with Crippen molar-refractivity contribution in [3.8, 4) is 0 Å². The van der Waals surface area contributed by atoms with Crippen LogP contribution in [-0.2, 0) is 11.2 Å². The molecule has 30 heavy (non-hydrogen) atoms. The SMILES string of the molecule is C[C@@H]1CCCc2cnc(nc2)Nc2cccc(n2)NCCCCCCCNC(=O)O1. The third kappa shape index (κ3) is 7.85. The lowest BCUT2D eigenvalue weighted by Gasteiger charge is -2.14. The van der Waals surface area contributed by atoms with E-state index in [9.17, 15) is 4.79 Å². The van der Waals surface area contributed by atoms with Crippen LogP contribution in [0.4, 0.5) is 22.4 Å². The Kier molecular flexibility index (Phi) is 8.68. The summed E-state index contributed by atoms with van der Waals surface area (Å²) in [7, 11) is 0. The minimum atomic E-state index is -0.321. The summed E-state index contributed by atoms with van der Waals surface area (Å²) in [5.74, 6) is 2.08. The number of anilines is 3. The molecular formula is C22H32N6O2. The molecule has 162 valence electrons. The lowest BCUT2D eigenvalue weighted by atomic mass is 10.1. The molecule has 4 rings (SSSR count). The number of rotatable bonds is 0. The number of nitrogens with zero attached hydrogens (tertiary/aromatic N) is 3. The van der Waals surface area contributed by atoms with Gasteiger partial charge >= 0.3 is 6.09 Å². The fourth-order valence-corrected chi connectivity index (χ4v) is 3.33. The van der Waals surface area contributed by atoms with Crippen molar-refractivity contribution >= 4 is 23.7 Å². The van der Waals surface area contributed by atoms with Crippen LogP contribution < -0.4 is 16.0 Å². The number of ether oxygens (including phenoxy) is 1. The number of alkyl carbamates (subject to hydrolysis) is 1. The third-order valence-electron chi connectivity index (χ3n) is 5.01. The smallest absolute Gasteiger partial charge is 0.407 e. The standard InChI is InChI=1S/C22H32N6O2/c1-17-9-7-10-18-15-25-21(26-16-18)28-20-12-8-11-19(27-20)23-13-5-3-2-4-6-14-24-22(29)30-17/h8,11-12,15-17H,2-7,9-10,13-14H2,1H3,(H,24,29)(H2,23,25,26,27,28)/t17-/m1/s1. The van der Waals surface area contributed by atoms with Crippen LogP contribution in [0.3, 0.4) is 0 Å². The van der Waals surface area contributed by atoms with Crippen molar-refractivity contribution in [2.24, 2.45) is 0 Å². The van der Waals surface area contributed by atoms with Gasteiger partial charge in [0.1, 0.15) is 17.7 Å². The first kappa shape index (κ1) is 21.8. The zero-order valence-corrected chi connectivity index (χ0v) is 17.7. The van der Waals surface area contributed by atoms with Gasteiger partial charge < -0.3 is 20.7 Å². The summed E-state index contributed by atoms with van der Waals surface area (Å²) < 4.78 is 5.42. The number of hydrogen-bond acceptors (Lipinski definition) is 7. The third-order valence-corrected chi connectivity index (χ3v) is 5.01. The number of pyridine rings is 1. The first-order valence-corrected chi connectivity index (χ1v) is 10.9. The molecule has 0 spiro atoms. The van der Waals surface area contributed by atoms with Crippen molar-refractivity contribution in [2.45, 2.75) is 64.4 Å². The molecule has 0 radical (unpaired) electrons. The van der Waals surface area contributed by atoms with E-state index in [1.807, 2.05) is 37.5 Å². The second-order valence-electron chi connectivity index (χ2n) is 7.68. The predicted octanol–water partition coefficient (Wildman–Crippen LogP) is 4.43. The van der Waals surface area contributed by atoms with Crippen molar-refractivity contribution in [2.75, 3.05) is 23.7 Å². The van der Waals surface area contributed by atoms with Crippen LogP contribution in [-0.4, -0.2) is 40.2 Å². The van der Waals surface area contributed by atoms with Crippen molar-refractivity contribution in [3.05, 3.63) is 36.2 Å². The van der Waals surface area contributed by atoms with E-state index in [-0.39, 0.29) is 12.2 Å². The molecule has 0 aliphatic carbocycles. The zero-order chi connectivity index (χ0) is 21.0. The van der Waals surface area contributed by atoms with Crippen LogP contribution in [0.25, 0.3) is 0 Å². The molecule has 4 heterocycles. The summed E-state index contributed by atoms with van der Waals surface area (Å²) in [6, 6.07) is 5.83. The molecule has 0 saturated carbocycles. The Hall–Kier alpha value is -2.90. The normalized spacial score (nSPS) is 19.6. The molecule has 2 aromatic heterocycles. The maximum atomic E-state index is 11.9. The summed E-state index contributed by atoms with van der Waals surface area (Å²) >= 11 is 0. The minimum Gasteiger partial charge on any atom is -0.447 e. The highest BCUT2D eigenvalue weighted by atomic mass is 16.6. The Balaban J connectivity index is 1.59. The average molecular weight is 413 g/mol. The molecule has 8 nitrogen and oxygen atoms in total. The topological polar surface area (TPSA) is 101 Å². The van der Waals surface area contributed by atoms with Gasteiger partial charge in [-0.15, -0.1) is 0 Å². The number of nitrogens with one attached hydrogen (secondary N) is 3. The van der Waals surface area contributed by atoms with Gasteiger partial charge in [-0.05, 0) is 56.7 Å². The molecule has 0 unspecified atom stereocenters. The van der Waals surface area contributed by atoms with Crippen molar-refractivity contribution in [1.29, 1.82) is 0 Å². The van der Waals surface area contributed by atoms with E-state index in [0.717, 1.165) is 69.3 Å². The molecule has 8 heteroatoms. The fourth-order valence-electron chi connectivity index (χ4n) is 3.33. The molecule has 2 aromatic rings. The van der Waals surface area contributed by atoms with Crippen LogP contribution in [0.1, 0.15) is 57.4 Å². The maximum absolute atomic E-state index is 11.9. The number of aryl methyl sites for hydroxylation is 1. The molecular weight excluding hydrogens is 380 g/mol. The fraction of sp³-hybridized carbons (Fsp3) is 0.545. The van der Waals surface area contributed by atoms with Crippen LogP contribution >= 0.6 is 0 Å². The molecule has 0 aromatic carbocycles. The number of hydrogen-bond donors (Lipinski definition) is 3. The van der Waals surface area contributed by atoms with Gasteiger partial charge in [0.15, 0.2) is 0 Å². The first-order chi connectivity index (χ1) is 14.7. The van der Waals surface area contributed by atoms with Gasteiger partial charge in [-0.1, -0.05) is 25.3 Å². The molecule has 0 saturated heterocycles. The predicted molar refractivity (Wildman–Crippen MR) is 118 cm³/mol. The van der Waals surface area contributed by atoms with Gasteiger partial charge in [-0.3, -0.25) is 0 Å². The minimum absolute atomic E-state index is 0.112. The summed E-state index contributed by atoms with van der Waals surface area (Å²) in [6.45, 7) is 3.47. The van der Waals surface area contributed by atoms with Gasteiger partial charge in [-0.2, -0.15) is 0 Å². The van der Waals surface area contributed by atoms with Crippen LogP contribution in [0.15, 0.2) is 30.6 Å². The number of carbonyl (C=O) groups is 1. The quantitative estimate of drug-likeness (QED) is 0.588. The van der Waals surface area contributed by atoms with E-state index < -0.39 is 0 Å². The van der Waals surface area contributed by atoms with E-state index in [1.54, 1.807) is 0 Å². The number of amides is 1. The molecule has 0 fully saturated rings. The van der Waals surface area contributed by atoms with Crippen molar-refractivity contribution < 1.29 is 9.53 Å². The summed E-state index contributed by atoms with van der Waals surface area (Å²) in [5.41, 5.74) is 1.05. The Labute approximate surface area is 178 Å². The van der Waals surface area contributed by atoms with Crippen molar-refractivity contribution in [1.82, 2.24) is 20.3 Å². The van der Waals surface area contributed by atoms with Crippen molar-refractivity contribution in [3.63, 3.8) is 0 Å². The number of carbonyl (C=O) groups excluding carboxylic acids is 1. The van der Waals surface area contributed by atoms with Gasteiger partial charge in [0.05, 0.1) is 0 Å². The first-order valence-electron chi connectivity index (χ1n) is 10.9. The highest BCUT2D eigenvalue weighted by molar-refractivity contribution is 5.67. The number of aromatic nitrogens is 3. The highest BCUT2D eigenvalue weighted by Crippen LogP contribution is 2.15. The van der Waals surface area contributed by atoms with Crippen LogP contribution in [0, 0.1) is 0 Å². The Morgan fingerprint density at radius 3 is 2.43 bits per heavy atom. The summed E-state index contributed by atoms with van der Waals surface area (Å²) in [5, 5.41) is 9.37. The maximum Gasteiger partial charge on any atom is 0.407 e. The zero-order valence-electron chi connectivity index (χ0n) is 17.7.